The Hall–Kier alpha value is -0.790. The van der Waals surface area contributed by atoms with Gasteiger partial charge in [-0.15, -0.1) is 0 Å². The lowest BCUT2D eigenvalue weighted by molar-refractivity contribution is -0.117. The molecular formula is C14H27NO. The Balaban J connectivity index is 3.18. The van der Waals surface area contributed by atoms with Gasteiger partial charge in [0.25, 0.3) is 0 Å². The van der Waals surface area contributed by atoms with Crippen LogP contribution in [0.25, 0.3) is 0 Å². The van der Waals surface area contributed by atoms with Crippen molar-refractivity contribution in [3.63, 3.8) is 0 Å². The van der Waals surface area contributed by atoms with Crippen molar-refractivity contribution >= 4 is 5.78 Å². The van der Waals surface area contributed by atoms with Crippen molar-refractivity contribution in [2.45, 2.75) is 65.2 Å². The minimum absolute atomic E-state index is 0.303. The predicted molar refractivity (Wildman–Crippen MR) is 70.4 cm³/mol. The van der Waals surface area contributed by atoms with Crippen LogP contribution < -0.4 is 5.32 Å². The standard InChI is InChI=1S/C14H27NO/c1-4-5-7-10-13(2)15-12-9-6-8-11-14(3)16/h15H,2,4-12H2,1,3H3. The molecule has 0 aliphatic rings. The Morgan fingerprint density at radius 1 is 1.06 bits per heavy atom. The lowest BCUT2D eigenvalue weighted by Gasteiger charge is -2.08. The number of rotatable bonds is 11. The van der Waals surface area contributed by atoms with Crippen molar-refractivity contribution in [3.8, 4) is 0 Å². The van der Waals surface area contributed by atoms with Gasteiger partial charge in [-0.2, -0.15) is 0 Å². The first-order valence-electron chi connectivity index (χ1n) is 6.58. The number of hydrogen-bond acceptors (Lipinski definition) is 2. The molecule has 0 atom stereocenters. The molecule has 0 heterocycles. The summed E-state index contributed by atoms with van der Waals surface area (Å²) >= 11 is 0. The van der Waals surface area contributed by atoms with Gasteiger partial charge in [0.2, 0.25) is 0 Å². The lowest BCUT2D eigenvalue weighted by atomic mass is 10.1. The highest BCUT2D eigenvalue weighted by Crippen LogP contribution is 2.05. The van der Waals surface area contributed by atoms with Crippen LogP contribution in [0.4, 0.5) is 0 Å². The van der Waals surface area contributed by atoms with Gasteiger partial charge < -0.3 is 10.1 Å². The van der Waals surface area contributed by atoms with Crippen molar-refractivity contribution in [2.24, 2.45) is 0 Å². The SMILES string of the molecule is C=C(CCCCC)NCCCCCC(C)=O. The summed E-state index contributed by atoms with van der Waals surface area (Å²) in [5, 5.41) is 3.35. The summed E-state index contributed by atoms with van der Waals surface area (Å²) in [7, 11) is 0. The summed E-state index contributed by atoms with van der Waals surface area (Å²) < 4.78 is 0. The van der Waals surface area contributed by atoms with Crippen molar-refractivity contribution in [1.82, 2.24) is 5.32 Å². The van der Waals surface area contributed by atoms with E-state index in [9.17, 15) is 4.79 Å². The fraction of sp³-hybridized carbons (Fsp3) is 0.786. The van der Waals surface area contributed by atoms with Gasteiger partial charge in [-0.1, -0.05) is 32.8 Å². The van der Waals surface area contributed by atoms with Crippen LogP contribution in [0.3, 0.4) is 0 Å². The fourth-order valence-corrected chi connectivity index (χ4v) is 1.62. The number of Topliss-reactive ketones (excluding diaryl/α,β-unsaturated/α-hetero) is 1. The highest BCUT2D eigenvalue weighted by Gasteiger charge is 1.95. The van der Waals surface area contributed by atoms with Crippen LogP contribution in [0.1, 0.15) is 65.2 Å². The van der Waals surface area contributed by atoms with E-state index < -0.39 is 0 Å². The molecule has 0 aliphatic carbocycles. The van der Waals surface area contributed by atoms with Gasteiger partial charge in [0, 0.05) is 18.7 Å². The van der Waals surface area contributed by atoms with Crippen LogP contribution in [0.5, 0.6) is 0 Å². The molecule has 2 heteroatoms. The first kappa shape index (κ1) is 15.2. The second kappa shape index (κ2) is 10.7. The highest BCUT2D eigenvalue weighted by molar-refractivity contribution is 5.75. The molecule has 0 saturated carbocycles. The Morgan fingerprint density at radius 2 is 1.75 bits per heavy atom. The summed E-state index contributed by atoms with van der Waals surface area (Å²) in [6.45, 7) is 8.88. The molecule has 2 nitrogen and oxygen atoms in total. The molecule has 0 fully saturated rings. The molecule has 0 unspecified atom stereocenters. The van der Waals surface area contributed by atoms with Crippen LogP contribution in [0.2, 0.25) is 0 Å². The average molecular weight is 225 g/mol. The molecule has 94 valence electrons. The van der Waals surface area contributed by atoms with E-state index in [1.807, 2.05) is 0 Å². The van der Waals surface area contributed by atoms with Crippen LogP contribution in [0.15, 0.2) is 12.3 Å². The number of carbonyl (C=O) groups is 1. The third-order valence-electron chi connectivity index (χ3n) is 2.66. The Labute approximate surface area is 101 Å². The normalized spacial score (nSPS) is 10.1. The number of unbranched alkanes of at least 4 members (excludes halogenated alkanes) is 4. The molecule has 0 aromatic heterocycles. The maximum Gasteiger partial charge on any atom is 0.129 e. The topological polar surface area (TPSA) is 29.1 Å². The van der Waals surface area contributed by atoms with E-state index in [0.717, 1.165) is 38.6 Å². The van der Waals surface area contributed by atoms with E-state index in [4.69, 9.17) is 0 Å². The maximum atomic E-state index is 10.7. The number of ketones is 1. The third kappa shape index (κ3) is 11.3. The fourth-order valence-electron chi connectivity index (χ4n) is 1.62. The van der Waals surface area contributed by atoms with E-state index in [-0.39, 0.29) is 0 Å². The molecule has 0 aromatic carbocycles. The highest BCUT2D eigenvalue weighted by atomic mass is 16.1. The van der Waals surface area contributed by atoms with Gasteiger partial charge in [0.15, 0.2) is 0 Å². The molecule has 0 spiro atoms. The van der Waals surface area contributed by atoms with Gasteiger partial charge in [0.1, 0.15) is 5.78 Å². The first-order valence-corrected chi connectivity index (χ1v) is 6.58. The van der Waals surface area contributed by atoms with Gasteiger partial charge >= 0.3 is 0 Å². The maximum absolute atomic E-state index is 10.7. The summed E-state index contributed by atoms with van der Waals surface area (Å²) in [6.07, 6.45) is 8.93. The Bertz CT molecular complexity index is 199. The van der Waals surface area contributed by atoms with E-state index in [0.29, 0.717) is 5.78 Å². The summed E-state index contributed by atoms with van der Waals surface area (Å²) in [4.78, 5) is 10.7. The number of carbonyl (C=O) groups excluding carboxylic acids is 1. The molecule has 0 saturated heterocycles. The first-order chi connectivity index (χ1) is 7.66. The molecule has 0 amide bonds. The summed E-state index contributed by atoms with van der Waals surface area (Å²) in [5.74, 6) is 0.303. The molecular weight excluding hydrogens is 198 g/mol. The number of allylic oxidation sites excluding steroid dienone is 1. The van der Waals surface area contributed by atoms with Crippen molar-refractivity contribution in [3.05, 3.63) is 12.3 Å². The Morgan fingerprint density at radius 3 is 2.38 bits per heavy atom. The quantitative estimate of drug-likeness (QED) is 0.542. The van der Waals surface area contributed by atoms with E-state index in [1.54, 1.807) is 6.92 Å². The van der Waals surface area contributed by atoms with Crippen LogP contribution in [-0.4, -0.2) is 12.3 Å². The van der Waals surface area contributed by atoms with Crippen LogP contribution in [0, 0.1) is 0 Å². The minimum Gasteiger partial charge on any atom is -0.389 e. The van der Waals surface area contributed by atoms with E-state index in [2.05, 4.69) is 18.8 Å². The zero-order valence-corrected chi connectivity index (χ0v) is 11.0. The van der Waals surface area contributed by atoms with Crippen molar-refractivity contribution in [2.75, 3.05) is 6.54 Å². The third-order valence-corrected chi connectivity index (χ3v) is 2.66. The lowest BCUT2D eigenvalue weighted by Crippen LogP contribution is -2.13. The average Bonchev–Trinajstić information content (AvgIpc) is 2.23. The predicted octanol–water partition coefficient (Wildman–Crippen LogP) is 3.82. The molecule has 0 bridgehead atoms. The van der Waals surface area contributed by atoms with Crippen LogP contribution in [-0.2, 0) is 4.79 Å². The molecule has 0 aliphatic heterocycles. The van der Waals surface area contributed by atoms with Gasteiger partial charge in [0.05, 0.1) is 0 Å². The number of nitrogens with one attached hydrogen (secondary N) is 1. The second-order valence-electron chi connectivity index (χ2n) is 4.50. The summed E-state index contributed by atoms with van der Waals surface area (Å²) in [6, 6.07) is 0. The van der Waals surface area contributed by atoms with Gasteiger partial charge in [-0.05, 0) is 32.6 Å². The van der Waals surface area contributed by atoms with Gasteiger partial charge in [-0.25, -0.2) is 0 Å². The molecule has 0 aromatic rings. The largest absolute Gasteiger partial charge is 0.389 e. The van der Waals surface area contributed by atoms with Crippen molar-refractivity contribution in [1.29, 1.82) is 0 Å². The molecule has 0 radical (unpaired) electrons. The van der Waals surface area contributed by atoms with E-state index >= 15 is 0 Å². The second-order valence-corrected chi connectivity index (χ2v) is 4.50. The monoisotopic (exact) mass is 225 g/mol. The molecule has 0 rings (SSSR count). The molecule has 16 heavy (non-hydrogen) atoms. The molecule has 1 N–H and O–H groups in total. The van der Waals surface area contributed by atoms with E-state index in [1.165, 1.54) is 25.0 Å². The van der Waals surface area contributed by atoms with Crippen molar-refractivity contribution < 1.29 is 4.79 Å². The number of hydrogen-bond donors (Lipinski definition) is 1. The minimum atomic E-state index is 0.303. The zero-order valence-electron chi connectivity index (χ0n) is 11.0. The van der Waals surface area contributed by atoms with Crippen LogP contribution >= 0.6 is 0 Å². The van der Waals surface area contributed by atoms with Gasteiger partial charge in [-0.3, -0.25) is 0 Å². The summed E-state index contributed by atoms with van der Waals surface area (Å²) in [5.41, 5.74) is 1.17. The smallest absolute Gasteiger partial charge is 0.129 e. The zero-order chi connectivity index (χ0) is 12.2. The Kier molecular flexibility index (Phi) is 10.2.